The van der Waals surface area contributed by atoms with Crippen molar-refractivity contribution in [2.45, 2.75) is 51.0 Å². The minimum Gasteiger partial charge on any atom is -0.489 e. The van der Waals surface area contributed by atoms with Crippen LogP contribution < -0.4 is 4.74 Å². The molecule has 2 aliphatic rings. The zero-order chi connectivity index (χ0) is 17.6. The third-order valence-corrected chi connectivity index (χ3v) is 6.13. The molecule has 2 fully saturated rings. The first-order valence-corrected chi connectivity index (χ1v) is 9.98. The average Bonchev–Trinajstić information content (AvgIpc) is 2.63. The van der Waals surface area contributed by atoms with E-state index < -0.39 is 0 Å². The van der Waals surface area contributed by atoms with Crippen LogP contribution in [0.15, 0.2) is 18.2 Å². The van der Waals surface area contributed by atoms with Gasteiger partial charge in [-0.15, -0.1) is 0 Å². The zero-order valence-electron chi connectivity index (χ0n) is 14.8. The third kappa shape index (κ3) is 5.32. The first kappa shape index (κ1) is 18.9. The van der Waals surface area contributed by atoms with E-state index in [-0.39, 0.29) is 11.9 Å². The molecule has 140 valence electrons. The normalized spacial score (nSPS) is 25.9. The molecule has 1 N–H and O–H groups in total. The molecule has 1 saturated carbocycles. The fourth-order valence-corrected chi connectivity index (χ4v) is 4.47. The minimum absolute atomic E-state index is 0.152. The number of aliphatic hydroxyl groups is 1. The summed E-state index contributed by atoms with van der Waals surface area (Å²) in [4.78, 5) is 2.51. The number of rotatable bonds is 6. The van der Waals surface area contributed by atoms with Gasteiger partial charge in [0.2, 0.25) is 0 Å². The molecular formula is C20H29ClFNO2. The Hall–Kier alpha value is -0.840. The summed E-state index contributed by atoms with van der Waals surface area (Å²) >= 11 is 6.04. The minimum atomic E-state index is -0.337. The summed E-state index contributed by atoms with van der Waals surface area (Å²) in [6.07, 6.45) is 8.35. The van der Waals surface area contributed by atoms with Crippen molar-refractivity contribution < 1.29 is 14.2 Å². The summed E-state index contributed by atoms with van der Waals surface area (Å²) in [5.74, 6) is 1.44. The molecule has 0 amide bonds. The Labute approximate surface area is 155 Å². The van der Waals surface area contributed by atoms with Crippen molar-refractivity contribution in [3.8, 4) is 5.75 Å². The predicted molar refractivity (Wildman–Crippen MR) is 98.7 cm³/mol. The van der Waals surface area contributed by atoms with E-state index in [1.165, 1.54) is 44.2 Å². The van der Waals surface area contributed by atoms with Crippen molar-refractivity contribution in [3.63, 3.8) is 0 Å². The molecule has 1 aliphatic carbocycles. The lowest BCUT2D eigenvalue weighted by atomic mass is 9.78. The number of piperidine rings is 1. The van der Waals surface area contributed by atoms with Gasteiger partial charge in [0.25, 0.3) is 0 Å². The van der Waals surface area contributed by atoms with E-state index >= 15 is 0 Å². The number of nitrogens with zero attached hydrogens (tertiary/aromatic N) is 1. The Morgan fingerprint density at radius 3 is 2.52 bits per heavy atom. The van der Waals surface area contributed by atoms with E-state index in [0.29, 0.717) is 29.2 Å². The second-order valence-electron chi connectivity index (χ2n) is 7.51. The molecule has 0 radical (unpaired) electrons. The van der Waals surface area contributed by atoms with Gasteiger partial charge in [-0.25, -0.2) is 4.39 Å². The number of hydrogen-bond acceptors (Lipinski definition) is 3. The number of benzene rings is 1. The summed E-state index contributed by atoms with van der Waals surface area (Å²) in [5, 5.41) is 9.89. The van der Waals surface area contributed by atoms with Gasteiger partial charge in [0.1, 0.15) is 17.7 Å². The summed E-state index contributed by atoms with van der Waals surface area (Å²) < 4.78 is 19.1. The standard InChI is InChI=1S/C20H29ClFNO2/c21-19-13-17(22)5-6-20(19)25-18-8-11-23(12-9-18)10-7-15-3-1-2-4-16(15)14-24/h5-6,13,15-16,18,24H,1-4,7-12,14H2. The Morgan fingerprint density at radius 2 is 1.84 bits per heavy atom. The molecule has 1 aromatic carbocycles. The lowest BCUT2D eigenvalue weighted by molar-refractivity contribution is 0.0828. The van der Waals surface area contributed by atoms with Crippen molar-refractivity contribution in [2.24, 2.45) is 11.8 Å². The molecule has 0 bridgehead atoms. The summed E-state index contributed by atoms with van der Waals surface area (Å²) in [6.45, 7) is 3.52. The Bertz CT molecular complexity index is 548. The molecule has 1 aromatic rings. The molecule has 1 aliphatic heterocycles. The molecule has 0 aromatic heterocycles. The lowest BCUT2D eigenvalue weighted by Gasteiger charge is -2.35. The molecule has 3 rings (SSSR count). The van der Waals surface area contributed by atoms with Crippen LogP contribution in [-0.4, -0.2) is 42.4 Å². The smallest absolute Gasteiger partial charge is 0.138 e. The summed E-state index contributed by atoms with van der Waals surface area (Å²) in [5.41, 5.74) is 0. The maximum Gasteiger partial charge on any atom is 0.138 e. The van der Waals surface area contributed by atoms with Gasteiger partial charge in [0, 0.05) is 19.7 Å². The zero-order valence-corrected chi connectivity index (χ0v) is 15.6. The van der Waals surface area contributed by atoms with Crippen LogP contribution in [0.1, 0.15) is 44.9 Å². The van der Waals surface area contributed by atoms with E-state index in [2.05, 4.69) is 4.90 Å². The Kier molecular flexibility index (Phi) is 6.97. The van der Waals surface area contributed by atoms with Crippen LogP contribution in [0.5, 0.6) is 5.75 Å². The van der Waals surface area contributed by atoms with E-state index in [1.807, 2.05) is 0 Å². The molecule has 1 heterocycles. The van der Waals surface area contributed by atoms with E-state index in [0.717, 1.165) is 32.5 Å². The monoisotopic (exact) mass is 369 g/mol. The Morgan fingerprint density at radius 1 is 1.12 bits per heavy atom. The Balaban J connectivity index is 1.41. The van der Waals surface area contributed by atoms with Crippen LogP contribution in [-0.2, 0) is 0 Å². The van der Waals surface area contributed by atoms with Crippen molar-refractivity contribution in [1.29, 1.82) is 0 Å². The quantitative estimate of drug-likeness (QED) is 0.800. The van der Waals surface area contributed by atoms with Crippen LogP contribution in [0.3, 0.4) is 0 Å². The van der Waals surface area contributed by atoms with Crippen molar-refractivity contribution in [3.05, 3.63) is 29.0 Å². The van der Waals surface area contributed by atoms with Crippen LogP contribution >= 0.6 is 11.6 Å². The van der Waals surface area contributed by atoms with Crippen molar-refractivity contribution in [1.82, 2.24) is 4.90 Å². The highest BCUT2D eigenvalue weighted by atomic mass is 35.5. The van der Waals surface area contributed by atoms with E-state index in [9.17, 15) is 9.50 Å². The van der Waals surface area contributed by atoms with Crippen LogP contribution in [0, 0.1) is 17.7 Å². The molecular weight excluding hydrogens is 341 g/mol. The topological polar surface area (TPSA) is 32.7 Å². The van der Waals surface area contributed by atoms with Crippen LogP contribution in [0.4, 0.5) is 4.39 Å². The highest BCUT2D eigenvalue weighted by molar-refractivity contribution is 6.32. The van der Waals surface area contributed by atoms with Gasteiger partial charge >= 0.3 is 0 Å². The molecule has 2 atom stereocenters. The molecule has 0 spiro atoms. The number of aliphatic hydroxyl groups excluding tert-OH is 1. The highest BCUT2D eigenvalue weighted by Crippen LogP contribution is 2.33. The van der Waals surface area contributed by atoms with Crippen LogP contribution in [0.2, 0.25) is 5.02 Å². The molecule has 1 saturated heterocycles. The fraction of sp³-hybridized carbons (Fsp3) is 0.700. The van der Waals surface area contributed by atoms with Gasteiger partial charge in [-0.3, -0.25) is 0 Å². The molecule has 3 nitrogen and oxygen atoms in total. The second-order valence-corrected chi connectivity index (χ2v) is 7.92. The number of likely N-dealkylation sites (tertiary alicyclic amines) is 1. The molecule has 5 heteroatoms. The second kappa shape index (κ2) is 9.20. The van der Waals surface area contributed by atoms with Gasteiger partial charge in [-0.2, -0.15) is 0 Å². The van der Waals surface area contributed by atoms with Crippen molar-refractivity contribution >= 4 is 11.6 Å². The molecule has 25 heavy (non-hydrogen) atoms. The first-order valence-electron chi connectivity index (χ1n) is 9.60. The fourth-order valence-electron chi connectivity index (χ4n) is 4.25. The average molecular weight is 370 g/mol. The van der Waals surface area contributed by atoms with Gasteiger partial charge in [0.15, 0.2) is 0 Å². The first-order chi connectivity index (χ1) is 12.2. The van der Waals surface area contributed by atoms with Gasteiger partial charge in [-0.05, 0) is 62.3 Å². The summed E-state index contributed by atoms with van der Waals surface area (Å²) in [6, 6.07) is 4.30. The number of ether oxygens (including phenoxy) is 1. The lowest BCUT2D eigenvalue weighted by Crippen LogP contribution is -2.39. The maximum absolute atomic E-state index is 13.1. The SMILES string of the molecule is OCC1CCCCC1CCN1CCC(Oc2ccc(F)cc2Cl)CC1. The van der Waals surface area contributed by atoms with Crippen LogP contribution in [0.25, 0.3) is 0 Å². The van der Waals surface area contributed by atoms with E-state index in [1.54, 1.807) is 6.07 Å². The highest BCUT2D eigenvalue weighted by Gasteiger charge is 2.26. The maximum atomic E-state index is 13.1. The van der Waals surface area contributed by atoms with E-state index in [4.69, 9.17) is 16.3 Å². The van der Waals surface area contributed by atoms with Gasteiger partial charge in [0.05, 0.1) is 5.02 Å². The van der Waals surface area contributed by atoms with Gasteiger partial charge < -0.3 is 14.7 Å². The number of hydrogen-bond donors (Lipinski definition) is 1. The third-order valence-electron chi connectivity index (χ3n) is 5.84. The van der Waals surface area contributed by atoms with Crippen molar-refractivity contribution in [2.75, 3.05) is 26.2 Å². The summed E-state index contributed by atoms with van der Waals surface area (Å²) in [7, 11) is 0. The largest absolute Gasteiger partial charge is 0.489 e. The van der Waals surface area contributed by atoms with Gasteiger partial charge in [-0.1, -0.05) is 30.9 Å². The number of halogens is 2. The molecule has 2 unspecified atom stereocenters. The predicted octanol–water partition coefficient (Wildman–Crippen LogP) is 4.51.